The number of ether oxygens (including phenoxy) is 1. The first-order valence-electron chi connectivity index (χ1n) is 7.04. The third-order valence-electron chi connectivity index (χ3n) is 3.19. The molecule has 18 heavy (non-hydrogen) atoms. The number of hydrogen-bond donors (Lipinski definition) is 1. The van der Waals surface area contributed by atoms with Gasteiger partial charge in [-0.2, -0.15) is 0 Å². The molecule has 1 aliphatic carbocycles. The van der Waals surface area contributed by atoms with Gasteiger partial charge < -0.3 is 14.5 Å². The molecule has 0 aliphatic heterocycles. The van der Waals surface area contributed by atoms with Crippen LogP contribution in [0, 0.1) is 5.92 Å². The number of hydrogen-bond acceptors (Lipinski definition) is 3. The van der Waals surface area contributed by atoms with E-state index in [0.29, 0.717) is 18.6 Å². The molecule has 1 fully saturated rings. The average Bonchev–Trinajstić information content (AvgIpc) is 3.02. The van der Waals surface area contributed by atoms with Gasteiger partial charge in [-0.25, -0.2) is 0 Å². The van der Waals surface area contributed by atoms with Gasteiger partial charge in [-0.3, -0.25) is 0 Å². The predicted molar refractivity (Wildman–Crippen MR) is 72.3 cm³/mol. The Hall–Kier alpha value is -0.800. The fourth-order valence-electron chi connectivity index (χ4n) is 2.10. The minimum Gasteiger partial charge on any atom is -0.467 e. The smallest absolute Gasteiger partial charge is 0.129 e. The fraction of sp³-hybridized carbons (Fsp3) is 0.733. The highest BCUT2D eigenvalue weighted by molar-refractivity contribution is 5.12. The molecular formula is C15H25NO2. The van der Waals surface area contributed by atoms with Gasteiger partial charge in [0, 0.05) is 18.2 Å². The second-order valence-electron chi connectivity index (χ2n) is 5.83. The summed E-state index contributed by atoms with van der Waals surface area (Å²) in [5.74, 6) is 1.60. The van der Waals surface area contributed by atoms with Gasteiger partial charge in [0.05, 0.1) is 12.4 Å². The molecule has 1 heterocycles. The summed E-state index contributed by atoms with van der Waals surface area (Å²) in [7, 11) is 0. The molecule has 1 aromatic heterocycles. The Labute approximate surface area is 110 Å². The van der Waals surface area contributed by atoms with Crippen LogP contribution >= 0.6 is 0 Å². The summed E-state index contributed by atoms with van der Waals surface area (Å²) in [5.41, 5.74) is 1.22. The molecule has 0 spiro atoms. The maximum atomic E-state index is 5.78. The summed E-state index contributed by atoms with van der Waals surface area (Å²) in [6.07, 6.45) is 5.86. The van der Waals surface area contributed by atoms with Crippen LogP contribution in [-0.2, 0) is 17.9 Å². The van der Waals surface area contributed by atoms with Crippen LogP contribution in [0.2, 0.25) is 0 Å². The minimum absolute atomic E-state index is 0.295. The fourth-order valence-corrected chi connectivity index (χ4v) is 2.10. The van der Waals surface area contributed by atoms with Crippen LogP contribution in [0.1, 0.15) is 51.4 Å². The Balaban J connectivity index is 1.68. The monoisotopic (exact) mass is 251 g/mol. The highest BCUT2D eigenvalue weighted by Crippen LogP contribution is 2.20. The zero-order valence-corrected chi connectivity index (χ0v) is 11.7. The van der Waals surface area contributed by atoms with Gasteiger partial charge in [0.15, 0.2) is 0 Å². The van der Waals surface area contributed by atoms with E-state index < -0.39 is 0 Å². The summed E-state index contributed by atoms with van der Waals surface area (Å²) in [6.45, 7) is 8.05. The Morgan fingerprint density at radius 3 is 2.83 bits per heavy atom. The van der Waals surface area contributed by atoms with Crippen LogP contribution in [-0.4, -0.2) is 12.1 Å². The molecule has 1 atom stereocenters. The van der Waals surface area contributed by atoms with Crippen molar-refractivity contribution in [3.05, 3.63) is 23.7 Å². The zero-order chi connectivity index (χ0) is 13.0. The summed E-state index contributed by atoms with van der Waals surface area (Å²) in [6, 6.07) is 2.84. The first-order valence-corrected chi connectivity index (χ1v) is 7.04. The lowest BCUT2D eigenvalue weighted by molar-refractivity contribution is 0.0303. The largest absolute Gasteiger partial charge is 0.467 e. The van der Waals surface area contributed by atoms with E-state index >= 15 is 0 Å². The summed E-state index contributed by atoms with van der Waals surface area (Å²) >= 11 is 0. The maximum Gasteiger partial charge on any atom is 0.129 e. The molecule has 1 aromatic rings. The Morgan fingerprint density at radius 2 is 2.17 bits per heavy atom. The van der Waals surface area contributed by atoms with Crippen LogP contribution in [0.5, 0.6) is 0 Å². The molecule has 2 rings (SSSR count). The van der Waals surface area contributed by atoms with E-state index in [9.17, 15) is 0 Å². The summed E-state index contributed by atoms with van der Waals surface area (Å²) in [4.78, 5) is 0. The molecule has 0 amide bonds. The van der Waals surface area contributed by atoms with Crippen LogP contribution in [0.3, 0.4) is 0 Å². The van der Waals surface area contributed by atoms with Crippen molar-refractivity contribution >= 4 is 0 Å². The Morgan fingerprint density at radius 1 is 1.39 bits per heavy atom. The number of rotatable bonds is 8. The molecule has 3 nitrogen and oxygen atoms in total. The lowest BCUT2D eigenvalue weighted by Gasteiger charge is -2.13. The molecule has 1 unspecified atom stereocenters. The van der Waals surface area contributed by atoms with E-state index in [1.165, 1.54) is 18.4 Å². The third kappa shape index (κ3) is 4.83. The van der Waals surface area contributed by atoms with Crippen molar-refractivity contribution < 1.29 is 9.15 Å². The van der Waals surface area contributed by atoms with Crippen LogP contribution in [0.25, 0.3) is 0 Å². The molecule has 102 valence electrons. The summed E-state index contributed by atoms with van der Waals surface area (Å²) < 4.78 is 11.3. The number of furan rings is 1. The first-order chi connectivity index (χ1) is 8.63. The van der Waals surface area contributed by atoms with Crippen molar-refractivity contribution in [1.29, 1.82) is 0 Å². The molecule has 0 aromatic carbocycles. The third-order valence-corrected chi connectivity index (χ3v) is 3.19. The van der Waals surface area contributed by atoms with Gasteiger partial charge in [0.25, 0.3) is 0 Å². The van der Waals surface area contributed by atoms with Gasteiger partial charge in [0.2, 0.25) is 0 Å². The van der Waals surface area contributed by atoms with E-state index in [-0.39, 0.29) is 0 Å². The predicted octanol–water partition coefficient (Wildman–Crippen LogP) is 3.48. The summed E-state index contributed by atoms with van der Waals surface area (Å²) in [5, 5.41) is 3.48. The van der Waals surface area contributed by atoms with Crippen LogP contribution in [0.15, 0.2) is 16.7 Å². The van der Waals surface area contributed by atoms with Crippen molar-refractivity contribution in [1.82, 2.24) is 5.32 Å². The van der Waals surface area contributed by atoms with Gasteiger partial charge in [-0.15, -0.1) is 0 Å². The van der Waals surface area contributed by atoms with Crippen molar-refractivity contribution in [3.8, 4) is 0 Å². The molecule has 3 heteroatoms. The SMILES string of the molecule is CC(C)CC(C)OCc1cc(CNC2CC2)co1. The van der Waals surface area contributed by atoms with E-state index in [1.54, 1.807) is 0 Å². The minimum atomic E-state index is 0.295. The van der Waals surface area contributed by atoms with Crippen molar-refractivity contribution in [2.75, 3.05) is 0 Å². The van der Waals surface area contributed by atoms with E-state index in [4.69, 9.17) is 9.15 Å². The molecule has 1 saturated carbocycles. The molecule has 0 saturated heterocycles. The van der Waals surface area contributed by atoms with E-state index in [1.807, 2.05) is 6.26 Å². The van der Waals surface area contributed by atoms with Gasteiger partial charge in [0.1, 0.15) is 12.4 Å². The lowest BCUT2D eigenvalue weighted by Crippen LogP contribution is -2.14. The molecule has 0 radical (unpaired) electrons. The molecule has 1 N–H and O–H groups in total. The van der Waals surface area contributed by atoms with Gasteiger partial charge in [-0.1, -0.05) is 13.8 Å². The van der Waals surface area contributed by atoms with Gasteiger partial charge >= 0.3 is 0 Å². The normalized spacial score (nSPS) is 17.3. The van der Waals surface area contributed by atoms with Crippen LogP contribution < -0.4 is 5.32 Å². The van der Waals surface area contributed by atoms with Crippen molar-refractivity contribution in [2.24, 2.45) is 5.92 Å². The van der Waals surface area contributed by atoms with Gasteiger partial charge in [-0.05, 0) is 38.2 Å². The Kier molecular flexibility index (Phi) is 4.84. The second kappa shape index (κ2) is 6.39. The quantitative estimate of drug-likeness (QED) is 0.768. The maximum absolute atomic E-state index is 5.78. The van der Waals surface area contributed by atoms with Crippen molar-refractivity contribution in [2.45, 2.75) is 65.3 Å². The van der Waals surface area contributed by atoms with E-state index in [0.717, 1.165) is 24.8 Å². The second-order valence-corrected chi connectivity index (χ2v) is 5.83. The number of nitrogens with one attached hydrogen (secondary N) is 1. The highest BCUT2D eigenvalue weighted by atomic mass is 16.5. The zero-order valence-electron chi connectivity index (χ0n) is 11.7. The lowest BCUT2D eigenvalue weighted by atomic mass is 10.1. The average molecular weight is 251 g/mol. The van der Waals surface area contributed by atoms with Crippen molar-refractivity contribution in [3.63, 3.8) is 0 Å². The van der Waals surface area contributed by atoms with Crippen LogP contribution in [0.4, 0.5) is 0 Å². The topological polar surface area (TPSA) is 34.4 Å². The standard InChI is InChI=1S/C15H25NO2/c1-11(2)6-12(3)17-10-15-7-13(9-18-15)8-16-14-4-5-14/h7,9,11-12,14,16H,4-6,8,10H2,1-3H3. The Bertz CT molecular complexity index is 355. The molecule has 1 aliphatic rings. The molecular weight excluding hydrogens is 226 g/mol. The first kappa shape index (κ1) is 13.6. The molecule has 0 bridgehead atoms. The van der Waals surface area contributed by atoms with E-state index in [2.05, 4.69) is 32.2 Å². The highest BCUT2D eigenvalue weighted by Gasteiger charge is 2.20.